The Balaban J connectivity index is 1.51. The number of nitro groups is 1. The van der Waals surface area contributed by atoms with E-state index in [0.29, 0.717) is 24.7 Å². The number of hydrogen-bond acceptors (Lipinski definition) is 6. The molecule has 30 heavy (non-hydrogen) atoms. The summed E-state index contributed by atoms with van der Waals surface area (Å²) < 4.78 is 27.3. The van der Waals surface area contributed by atoms with Gasteiger partial charge in [-0.15, -0.1) is 0 Å². The standard InChI is InChI=1S/C20H19ClN4O4S/c21-17-12-15-4-3-7-22-20(15)16(13-17)14-23-8-10-24(11-9-23)30(28,29)19-6-2-1-5-18(19)25(26)27/h1-7,12-13H,8-11,14H2. The second-order valence-corrected chi connectivity index (χ2v) is 9.39. The summed E-state index contributed by atoms with van der Waals surface area (Å²) in [5.41, 5.74) is 1.45. The van der Waals surface area contributed by atoms with Crippen LogP contribution in [0.1, 0.15) is 5.56 Å². The second kappa shape index (κ2) is 8.27. The molecule has 0 spiro atoms. The minimum absolute atomic E-state index is 0.250. The van der Waals surface area contributed by atoms with Crippen LogP contribution in [-0.4, -0.2) is 53.7 Å². The number of pyridine rings is 1. The Morgan fingerprint density at radius 1 is 1.07 bits per heavy atom. The molecule has 1 aromatic heterocycles. The number of piperazine rings is 1. The van der Waals surface area contributed by atoms with Crippen molar-refractivity contribution in [2.75, 3.05) is 26.2 Å². The minimum atomic E-state index is -3.94. The maximum atomic E-state index is 13.0. The van der Waals surface area contributed by atoms with Crippen LogP contribution in [0.3, 0.4) is 0 Å². The van der Waals surface area contributed by atoms with E-state index in [4.69, 9.17) is 11.6 Å². The van der Waals surface area contributed by atoms with Gasteiger partial charge in [0.25, 0.3) is 5.69 Å². The lowest BCUT2D eigenvalue weighted by Gasteiger charge is -2.34. The molecule has 0 aliphatic carbocycles. The average molecular weight is 447 g/mol. The van der Waals surface area contributed by atoms with E-state index < -0.39 is 20.6 Å². The van der Waals surface area contributed by atoms with Crippen molar-refractivity contribution in [3.63, 3.8) is 0 Å². The molecule has 1 aliphatic heterocycles. The molecule has 8 nitrogen and oxygen atoms in total. The molecule has 0 atom stereocenters. The van der Waals surface area contributed by atoms with E-state index in [1.807, 2.05) is 24.3 Å². The molecule has 0 amide bonds. The first kappa shape index (κ1) is 20.7. The molecule has 1 saturated heterocycles. The molecule has 156 valence electrons. The molecular formula is C20H19ClN4O4S. The van der Waals surface area contributed by atoms with Gasteiger partial charge in [-0.25, -0.2) is 8.42 Å². The zero-order chi connectivity index (χ0) is 21.3. The Bertz CT molecular complexity index is 1210. The number of rotatable bonds is 5. The summed E-state index contributed by atoms with van der Waals surface area (Å²) in [5, 5.41) is 12.8. The van der Waals surface area contributed by atoms with Gasteiger partial charge in [0.2, 0.25) is 10.0 Å². The van der Waals surface area contributed by atoms with Gasteiger partial charge >= 0.3 is 0 Å². The van der Waals surface area contributed by atoms with Crippen LogP contribution >= 0.6 is 11.6 Å². The van der Waals surface area contributed by atoms with Gasteiger partial charge in [-0.3, -0.25) is 20.0 Å². The third-order valence-electron chi connectivity index (χ3n) is 5.15. The maximum absolute atomic E-state index is 13.0. The van der Waals surface area contributed by atoms with E-state index in [0.717, 1.165) is 16.5 Å². The lowest BCUT2D eigenvalue weighted by molar-refractivity contribution is -0.387. The summed E-state index contributed by atoms with van der Waals surface area (Å²) in [6.07, 6.45) is 1.73. The smallest absolute Gasteiger partial charge is 0.289 e. The fourth-order valence-corrected chi connectivity index (χ4v) is 5.51. The van der Waals surface area contributed by atoms with E-state index >= 15 is 0 Å². The van der Waals surface area contributed by atoms with Gasteiger partial charge in [-0.1, -0.05) is 29.8 Å². The van der Waals surface area contributed by atoms with Crippen LogP contribution in [0.15, 0.2) is 59.6 Å². The number of hydrogen-bond donors (Lipinski definition) is 0. The fraction of sp³-hybridized carbons (Fsp3) is 0.250. The van der Waals surface area contributed by atoms with Crippen LogP contribution in [0.25, 0.3) is 10.9 Å². The number of para-hydroxylation sites is 1. The Morgan fingerprint density at radius 2 is 1.80 bits per heavy atom. The molecule has 0 saturated carbocycles. The number of sulfonamides is 1. The highest BCUT2D eigenvalue weighted by molar-refractivity contribution is 7.89. The van der Waals surface area contributed by atoms with Crippen molar-refractivity contribution in [3.8, 4) is 0 Å². The van der Waals surface area contributed by atoms with Crippen molar-refractivity contribution in [1.82, 2.24) is 14.2 Å². The molecule has 0 unspecified atom stereocenters. The molecule has 0 radical (unpaired) electrons. The number of fused-ring (bicyclic) bond motifs is 1. The highest BCUT2D eigenvalue weighted by Crippen LogP contribution is 2.28. The van der Waals surface area contributed by atoms with Crippen LogP contribution < -0.4 is 0 Å². The molecule has 4 rings (SSSR count). The molecule has 0 bridgehead atoms. The first-order valence-electron chi connectivity index (χ1n) is 9.35. The van der Waals surface area contributed by atoms with Gasteiger partial charge in [-0.2, -0.15) is 4.31 Å². The van der Waals surface area contributed by atoms with Crippen molar-refractivity contribution in [3.05, 3.63) is 75.4 Å². The number of nitrogens with zero attached hydrogens (tertiary/aromatic N) is 4. The van der Waals surface area contributed by atoms with Crippen molar-refractivity contribution in [2.45, 2.75) is 11.4 Å². The topological polar surface area (TPSA) is 96.6 Å². The molecule has 1 aliphatic rings. The lowest BCUT2D eigenvalue weighted by Crippen LogP contribution is -2.48. The molecule has 2 heterocycles. The van der Waals surface area contributed by atoms with Gasteiger partial charge in [0.05, 0.1) is 10.4 Å². The summed E-state index contributed by atoms with van der Waals surface area (Å²) in [6, 6.07) is 13.0. The SMILES string of the molecule is O=[N+]([O-])c1ccccc1S(=O)(=O)N1CCN(Cc2cc(Cl)cc3cccnc23)CC1. The highest BCUT2D eigenvalue weighted by atomic mass is 35.5. The summed E-state index contributed by atoms with van der Waals surface area (Å²) in [7, 11) is -3.94. The quantitative estimate of drug-likeness (QED) is 0.440. The van der Waals surface area contributed by atoms with E-state index in [9.17, 15) is 18.5 Å². The number of halogens is 1. The van der Waals surface area contributed by atoms with Crippen LogP contribution in [0.2, 0.25) is 5.02 Å². The van der Waals surface area contributed by atoms with Gasteiger partial charge in [-0.05, 0) is 29.8 Å². The largest absolute Gasteiger partial charge is 0.296 e. The van der Waals surface area contributed by atoms with Crippen molar-refractivity contribution >= 4 is 38.2 Å². The van der Waals surface area contributed by atoms with Crippen LogP contribution in [0, 0.1) is 10.1 Å². The maximum Gasteiger partial charge on any atom is 0.289 e. The summed E-state index contributed by atoms with van der Waals surface area (Å²) in [4.78, 5) is 16.9. The van der Waals surface area contributed by atoms with E-state index in [-0.39, 0.29) is 18.0 Å². The van der Waals surface area contributed by atoms with Crippen LogP contribution in [0.5, 0.6) is 0 Å². The van der Waals surface area contributed by atoms with E-state index in [1.54, 1.807) is 6.20 Å². The van der Waals surface area contributed by atoms with E-state index in [2.05, 4.69) is 9.88 Å². The predicted molar refractivity (Wildman–Crippen MR) is 114 cm³/mol. The van der Waals surface area contributed by atoms with Crippen LogP contribution in [0.4, 0.5) is 5.69 Å². The van der Waals surface area contributed by atoms with E-state index in [1.165, 1.54) is 28.6 Å². The average Bonchev–Trinajstić information content (AvgIpc) is 2.74. The van der Waals surface area contributed by atoms with Crippen molar-refractivity contribution in [2.24, 2.45) is 0 Å². The lowest BCUT2D eigenvalue weighted by atomic mass is 10.1. The van der Waals surface area contributed by atoms with Gasteiger partial charge in [0.1, 0.15) is 0 Å². The summed E-state index contributed by atoms with van der Waals surface area (Å²) >= 11 is 6.24. The second-order valence-electron chi connectivity index (χ2n) is 7.05. The highest BCUT2D eigenvalue weighted by Gasteiger charge is 2.33. The zero-order valence-electron chi connectivity index (χ0n) is 15.9. The number of benzene rings is 2. The van der Waals surface area contributed by atoms with Crippen molar-refractivity contribution < 1.29 is 13.3 Å². The molecular weight excluding hydrogens is 428 g/mol. The normalized spacial score (nSPS) is 16.0. The number of nitro benzene ring substituents is 1. The third kappa shape index (κ3) is 4.01. The number of aromatic nitrogens is 1. The summed E-state index contributed by atoms with van der Waals surface area (Å²) in [5.74, 6) is 0. The molecule has 1 fully saturated rings. The third-order valence-corrected chi connectivity index (χ3v) is 7.32. The molecule has 3 aromatic rings. The van der Waals surface area contributed by atoms with Crippen LogP contribution in [-0.2, 0) is 16.6 Å². The Morgan fingerprint density at radius 3 is 2.53 bits per heavy atom. The Kier molecular flexibility index (Phi) is 5.70. The first-order valence-corrected chi connectivity index (χ1v) is 11.2. The summed E-state index contributed by atoms with van der Waals surface area (Å²) in [6.45, 7) is 2.09. The van der Waals surface area contributed by atoms with Gasteiger partial charge < -0.3 is 0 Å². The molecule has 0 N–H and O–H groups in total. The predicted octanol–water partition coefficient (Wildman–Crippen LogP) is 3.30. The van der Waals surface area contributed by atoms with Gasteiger partial charge in [0.15, 0.2) is 4.90 Å². The molecule has 10 heteroatoms. The Labute approximate surface area is 178 Å². The van der Waals surface area contributed by atoms with Gasteiger partial charge in [0, 0.05) is 55.4 Å². The zero-order valence-corrected chi connectivity index (χ0v) is 17.5. The molecule has 2 aromatic carbocycles. The minimum Gasteiger partial charge on any atom is -0.296 e. The van der Waals surface area contributed by atoms with Crippen molar-refractivity contribution in [1.29, 1.82) is 0 Å². The Hall–Kier alpha value is -2.59. The fourth-order valence-electron chi connectivity index (χ4n) is 3.68. The first-order chi connectivity index (χ1) is 14.4. The monoisotopic (exact) mass is 446 g/mol.